The summed E-state index contributed by atoms with van der Waals surface area (Å²) in [4.78, 5) is 43.8. The van der Waals surface area contributed by atoms with Crippen LogP contribution >= 0.6 is 0 Å². The number of rotatable bonds is 16. The highest BCUT2D eigenvalue weighted by Gasteiger charge is 2.23. The molecule has 2 heterocycles. The minimum absolute atomic E-state index is 0.0682. The SMILES string of the molecule is CNC(=O)CCCCCCCCCC(=O)NCCC(=O)N/C(N)=C/c1cc(-c2cncc(N)c2C)c(F)c2c1C=N2. The Morgan fingerprint density at radius 2 is 1.59 bits per heavy atom. The lowest BCUT2D eigenvalue weighted by Gasteiger charge is -2.18. The summed E-state index contributed by atoms with van der Waals surface area (Å²) in [6, 6.07) is 1.63. The quantitative estimate of drug-likeness (QED) is 0.165. The van der Waals surface area contributed by atoms with Crippen molar-refractivity contribution in [2.24, 2.45) is 10.7 Å². The second-order valence-electron chi connectivity index (χ2n) is 10.1. The number of carbonyl (C=O) groups is 3. The van der Waals surface area contributed by atoms with Crippen molar-refractivity contribution in [2.75, 3.05) is 19.3 Å². The number of halogens is 1. The number of anilines is 1. The Kier molecular flexibility index (Phi) is 11.8. The first kappa shape index (κ1) is 31.3. The van der Waals surface area contributed by atoms with Crippen LogP contribution in [0.2, 0.25) is 0 Å². The Balaban J connectivity index is 1.39. The van der Waals surface area contributed by atoms with Crippen LogP contribution < -0.4 is 27.4 Å². The second kappa shape index (κ2) is 15.5. The first-order valence-electron chi connectivity index (χ1n) is 14.1. The molecular formula is C30H40FN7O3. The highest BCUT2D eigenvalue weighted by molar-refractivity contribution is 6.02. The fourth-order valence-electron chi connectivity index (χ4n) is 4.54. The van der Waals surface area contributed by atoms with Gasteiger partial charge in [0.05, 0.1) is 11.9 Å². The minimum atomic E-state index is -0.469. The summed E-state index contributed by atoms with van der Waals surface area (Å²) in [5.74, 6) is -0.726. The zero-order valence-corrected chi connectivity index (χ0v) is 23.8. The van der Waals surface area contributed by atoms with Crippen LogP contribution in [-0.2, 0) is 14.4 Å². The molecule has 220 valence electrons. The lowest BCUT2D eigenvalue weighted by Crippen LogP contribution is -2.32. The van der Waals surface area contributed by atoms with Crippen LogP contribution in [0.25, 0.3) is 17.2 Å². The van der Waals surface area contributed by atoms with E-state index < -0.39 is 5.82 Å². The third kappa shape index (κ3) is 9.12. The van der Waals surface area contributed by atoms with Crippen molar-refractivity contribution >= 4 is 41.4 Å². The van der Waals surface area contributed by atoms with E-state index in [-0.39, 0.29) is 42.2 Å². The van der Waals surface area contributed by atoms with Crippen molar-refractivity contribution in [2.45, 2.75) is 71.1 Å². The number of amides is 3. The van der Waals surface area contributed by atoms with Gasteiger partial charge in [-0.05, 0) is 43.0 Å². The number of unbranched alkanes of at least 4 members (excludes halogenated alkanes) is 6. The van der Waals surface area contributed by atoms with Gasteiger partial charge in [0.25, 0.3) is 0 Å². The van der Waals surface area contributed by atoms with Gasteiger partial charge in [-0.3, -0.25) is 24.4 Å². The highest BCUT2D eigenvalue weighted by Crippen LogP contribution is 2.40. The normalized spacial score (nSPS) is 11.9. The average Bonchev–Trinajstić information content (AvgIpc) is 2.90. The molecule has 0 bridgehead atoms. The monoisotopic (exact) mass is 565 g/mol. The van der Waals surface area contributed by atoms with Crippen LogP contribution in [0.1, 0.15) is 80.9 Å². The minimum Gasteiger partial charge on any atom is -0.397 e. The van der Waals surface area contributed by atoms with E-state index in [1.807, 2.05) is 0 Å². The van der Waals surface area contributed by atoms with Gasteiger partial charge < -0.3 is 27.4 Å². The van der Waals surface area contributed by atoms with Crippen molar-refractivity contribution < 1.29 is 18.8 Å². The van der Waals surface area contributed by atoms with Gasteiger partial charge in [0.2, 0.25) is 17.7 Å². The van der Waals surface area contributed by atoms with Crippen molar-refractivity contribution in [3.63, 3.8) is 0 Å². The third-order valence-corrected chi connectivity index (χ3v) is 7.03. The zero-order chi connectivity index (χ0) is 29.8. The Morgan fingerprint density at radius 1 is 0.927 bits per heavy atom. The maximum Gasteiger partial charge on any atom is 0.227 e. The van der Waals surface area contributed by atoms with E-state index >= 15 is 4.39 Å². The molecule has 1 aliphatic heterocycles. The van der Waals surface area contributed by atoms with Crippen molar-refractivity contribution in [3.05, 3.63) is 46.8 Å². The maximum absolute atomic E-state index is 15.1. The molecule has 2 aromatic rings. The number of nitrogens with two attached hydrogens (primary N) is 2. The highest BCUT2D eigenvalue weighted by atomic mass is 19.1. The molecule has 0 aliphatic carbocycles. The Labute approximate surface area is 240 Å². The summed E-state index contributed by atoms with van der Waals surface area (Å²) in [7, 11) is 1.65. The molecule has 3 amide bonds. The molecule has 0 atom stereocenters. The van der Waals surface area contributed by atoms with Crippen LogP contribution in [0.4, 0.5) is 15.8 Å². The number of hydrogen-bond acceptors (Lipinski definition) is 7. The molecule has 0 fully saturated rings. The molecule has 0 radical (unpaired) electrons. The molecule has 0 saturated heterocycles. The van der Waals surface area contributed by atoms with Crippen LogP contribution in [0.15, 0.2) is 29.3 Å². The van der Waals surface area contributed by atoms with E-state index in [9.17, 15) is 14.4 Å². The van der Waals surface area contributed by atoms with E-state index in [0.717, 1.165) is 44.9 Å². The predicted molar refractivity (Wildman–Crippen MR) is 160 cm³/mol. The number of aromatic nitrogens is 1. The number of nitrogen functional groups attached to an aromatic ring is 1. The van der Waals surface area contributed by atoms with E-state index in [1.165, 1.54) is 6.20 Å². The van der Waals surface area contributed by atoms with Gasteiger partial charge in [0.1, 0.15) is 11.5 Å². The standard InChI is InChI=1S/C30H40FN7O3/c1-19-22(16-35-18-24(19)32)21-14-20(23-17-37-30(23)29(21)31)15-25(33)38-28(41)12-13-36-27(40)11-9-7-5-3-4-6-8-10-26(39)34-2/h14-18H,3-13,32-33H2,1-2H3,(H,34,39)(H,36,40)(H,38,41)/b25-15+. The van der Waals surface area contributed by atoms with Crippen molar-refractivity contribution in [1.29, 1.82) is 0 Å². The first-order chi connectivity index (χ1) is 19.7. The van der Waals surface area contributed by atoms with E-state index in [1.54, 1.807) is 38.5 Å². The molecule has 11 heteroatoms. The van der Waals surface area contributed by atoms with Crippen molar-refractivity contribution in [1.82, 2.24) is 20.9 Å². The number of nitrogens with zero attached hydrogens (tertiary/aromatic N) is 2. The number of aliphatic imine (C=N–C) groups is 1. The lowest BCUT2D eigenvalue weighted by molar-refractivity contribution is -0.122. The molecule has 0 spiro atoms. The number of carbonyl (C=O) groups excluding carboxylic acids is 3. The molecule has 1 aromatic heterocycles. The van der Waals surface area contributed by atoms with E-state index in [2.05, 4.69) is 25.9 Å². The molecular weight excluding hydrogens is 525 g/mol. The molecule has 1 aromatic carbocycles. The molecule has 1 aliphatic rings. The molecule has 0 saturated carbocycles. The summed E-state index contributed by atoms with van der Waals surface area (Å²) in [6.45, 7) is 1.99. The van der Waals surface area contributed by atoms with Gasteiger partial charge in [0.15, 0.2) is 5.82 Å². The fourth-order valence-corrected chi connectivity index (χ4v) is 4.54. The van der Waals surface area contributed by atoms with Crippen LogP contribution in [0.5, 0.6) is 0 Å². The summed E-state index contributed by atoms with van der Waals surface area (Å²) < 4.78 is 15.1. The summed E-state index contributed by atoms with van der Waals surface area (Å²) in [5, 5.41) is 8.00. The predicted octanol–water partition coefficient (Wildman–Crippen LogP) is 3.98. The Hall–Kier alpha value is -4.28. The van der Waals surface area contributed by atoms with Gasteiger partial charge in [-0.15, -0.1) is 0 Å². The Morgan fingerprint density at radius 3 is 2.22 bits per heavy atom. The largest absolute Gasteiger partial charge is 0.397 e. The van der Waals surface area contributed by atoms with Gasteiger partial charge in [0, 0.05) is 62.0 Å². The lowest BCUT2D eigenvalue weighted by atomic mass is 9.93. The smallest absolute Gasteiger partial charge is 0.227 e. The number of fused-ring (bicyclic) bond motifs is 1. The van der Waals surface area contributed by atoms with Crippen molar-refractivity contribution in [3.8, 4) is 11.1 Å². The fraction of sp³-hybridized carbons (Fsp3) is 0.433. The van der Waals surface area contributed by atoms with Gasteiger partial charge in [-0.2, -0.15) is 0 Å². The molecule has 10 nitrogen and oxygen atoms in total. The summed E-state index contributed by atoms with van der Waals surface area (Å²) in [6.07, 6.45) is 14.2. The second-order valence-corrected chi connectivity index (χ2v) is 10.1. The number of pyridine rings is 1. The molecule has 3 rings (SSSR count). The molecule has 0 unspecified atom stereocenters. The summed E-state index contributed by atoms with van der Waals surface area (Å²) >= 11 is 0. The first-order valence-corrected chi connectivity index (χ1v) is 14.1. The maximum atomic E-state index is 15.1. The van der Waals surface area contributed by atoms with E-state index in [4.69, 9.17) is 11.5 Å². The van der Waals surface area contributed by atoms with Crippen LogP contribution in [0.3, 0.4) is 0 Å². The number of benzene rings is 1. The van der Waals surface area contributed by atoms with Gasteiger partial charge in [-0.1, -0.05) is 32.1 Å². The van der Waals surface area contributed by atoms with Gasteiger partial charge >= 0.3 is 0 Å². The average molecular weight is 566 g/mol. The Bertz CT molecular complexity index is 1320. The number of nitrogens with one attached hydrogen (secondary N) is 3. The van der Waals surface area contributed by atoms with E-state index in [0.29, 0.717) is 46.3 Å². The topological polar surface area (TPSA) is 165 Å². The summed E-state index contributed by atoms with van der Waals surface area (Å²) in [5.41, 5.74) is 15.4. The zero-order valence-electron chi connectivity index (χ0n) is 23.8. The molecule has 7 N–H and O–H groups in total. The third-order valence-electron chi connectivity index (χ3n) is 7.03. The molecule has 41 heavy (non-hydrogen) atoms. The van der Waals surface area contributed by atoms with Crippen LogP contribution in [0, 0.1) is 12.7 Å². The number of hydrogen-bond donors (Lipinski definition) is 5. The van der Waals surface area contributed by atoms with Crippen LogP contribution in [-0.4, -0.2) is 42.5 Å². The van der Waals surface area contributed by atoms with Gasteiger partial charge in [-0.25, -0.2) is 4.39 Å².